The second kappa shape index (κ2) is 9.67. The van der Waals surface area contributed by atoms with Crippen LogP contribution in [0.3, 0.4) is 0 Å². The van der Waals surface area contributed by atoms with Crippen LogP contribution in [0, 0.1) is 0 Å². The summed E-state index contributed by atoms with van der Waals surface area (Å²) in [5.41, 5.74) is 6.80. The third-order valence-electron chi connectivity index (χ3n) is 4.57. The van der Waals surface area contributed by atoms with Crippen molar-refractivity contribution in [3.63, 3.8) is 0 Å². The molecule has 0 radical (unpaired) electrons. The molecule has 0 aliphatic carbocycles. The predicted octanol–water partition coefficient (Wildman–Crippen LogP) is 4.29. The van der Waals surface area contributed by atoms with Crippen molar-refractivity contribution in [3.8, 4) is 22.8 Å². The lowest BCUT2D eigenvalue weighted by atomic mass is 10.1. The van der Waals surface area contributed by atoms with Gasteiger partial charge in [0.2, 0.25) is 5.95 Å². The molecule has 2 aromatic carbocycles. The Kier molecular flexibility index (Phi) is 6.63. The van der Waals surface area contributed by atoms with E-state index in [9.17, 15) is 21.6 Å². The lowest BCUT2D eigenvalue weighted by Gasteiger charge is -2.11. The van der Waals surface area contributed by atoms with Crippen molar-refractivity contribution in [2.24, 2.45) is 5.14 Å². The van der Waals surface area contributed by atoms with Crippen molar-refractivity contribution in [1.82, 2.24) is 15.0 Å². The van der Waals surface area contributed by atoms with Crippen LogP contribution in [-0.2, 0) is 16.4 Å². The number of nitrogens with zero attached hydrogens (tertiary/aromatic N) is 3. The summed E-state index contributed by atoms with van der Waals surface area (Å²) < 4.78 is 68.5. The number of pyridine rings is 1. The summed E-state index contributed by atoms with van der Waals surface area (Å²) in [5.74, 6) is 0.689. The molecule has 4 rings (SSSR count). The summed E-state index contributed by atoms with van der Waals surface area (Å²) >= 11 is 0. The standard InChI is InChI=1S/C22H18F3N7O3S/c23-22(24,25)19-11-17(9-10-28-19)35-16-7-5-14(6-8-16)29-20-12-18(30-21(26)31-20)13-1-3-15(4-2-13)32-36(27,33)34/h1-12,32H,(H2,27,33,34)(H3,26,29,30,31). The average molecular weight is 517 g/mol. The van der Waals surface area contributed by atoms with Crippen molar-refractivity contribution in [3.05, 3.63) is 78.6 Å². The zero-order chi connectivity index (χ0) is 25.9. The molecule has 0 fully saturated rings. The summed E-state index contributed by atoms with van der Waals surface area (Å²) in [6.45, 7) is 0. The van der Waals surface area contributed by atoms with Gasteiger partial charge in [0.25, 0.3) is 10.2 Å². The van der Waals surface area contributed by atoms with E-state index in [-0.39, 0.29) is 17.4 Å². The first kappa shape index (κ1) is 24.7. The number of ether oxygens (including phenoxy) is 1. The number of aromatic nitrogens is 3. The lowest BCUT2D eigenvalue weighted by molar-refractivity contribution is -0.141. The highest BCUT2D eigenvalue weighted by molar-refractivity contribution is 7.90. The highest BCUT2D eigenvalue weighted by atomic mass is 32.2. The normalized spacial score (nSPS) is 11.7. The molecule has 186 valence electrons. The number of halogens is 3. The maximum Gasteiger partial charge on any atom is 0.433 e. The Hall–Kier alpha value is -4.43. The molecule has 0 amide bonds. The fourth-order valence-corrected chi connectivity index (χ4v) is 3.54. The van der Waals surface area contributed by atoms with Gasteiger partial charge in [-0.15, -0.1) is 0 Å². The van der Waals surface area contributed by atoms with Gasteiger partial charge in [0, 0.05) is 35.3 Å². The summed E-state index contributed by atoms with van der Waals surface area (Å²) in [7, 11) is -3.89. The van der Waals surface area contributed by atoms with E-state index in [2.05, 4.69) is 25.0 Å². The molecule has 14 heteroatoms. The molecule has 10 nitrogen and oxygen atoms in total. The molecule has 6 N–H and O–H groups in total. The van der Waals surface area contributed by atoms with Crippen LogP contribution in [0.2, 0.25) is 0 Å². The van der Waals surface area contributed by atoms with Crippen LogP contribution in [0.25, 0.3) is 11.3 Å². The molecule has 2 aromatic heterocycles. The molecule has 0 aliphatic heterocycles. The molecule has 0 aliphatic rings. The highest BCUT2D eigenvalue weighted by Gasteiger charge is 2.32. The number of hydrogen-bond acceptors (Lipinski definition) is 8. The van der Waals surface area contributed by atoms with Crippen molar-refractivity contribution < 1.29 is 26.3 Å². The largest absolute Gasteiger partial charge is 0.457 e. The van der Waals surface area contributed by atoms with Crippen LogP contribution in [-0.4, -0.2) is 23.4 Å². The van der Waals surface area contributed by atoms with Crippen LogP contribution >= 0.6 is 0 Å². The van der Waals surface area contributed by atoms with Crippen molar-refractivity contribution in [2.45, 2.75) is 6.18 Å². The minimum Gasteiger partial charge on any atom is -0.457 e. The van der Waals surface area contributed by atoms with Gasteiger partial charge in [-0.2, -0.15) is 26.6 Å². The number of rotatable bonds is 7. The number of anilines is 4. The smallest absolute Gasteiger partial charge is 0.433 e. The van der Waals surface area contributed by atoms with E-state index in [1.54, 1.807) is 42.5 Å². The fourth-order valence-electron chi connectivity index (χ4n) is 3.07. The van der Waals surface area contributed by atoms with Crippen LogP contribution in [0.5, 0.6) is 11.5 Å². The maximum absolute atomic E-state index is 12.8. The molecular formula is C22H18F3N7O3S. The number of nitrogens with two attached hydrogens (primary N) is 2. The third-order valence-corrected chi connectivity index (χ3v) is 5.09. The molecule has 0 saturated heterocycles. The highest BCUT2D eigenvalue weighted by Crippen LogP contribution is 2.31. The van der Waals surface area contributed by atoms with E-state index >= 15 is 0 Å². The molecule has 0 unspecified atom stereocenters. The molecule has 2 heterocycles. The SMILES string of the molecule is Nc1nc(Nc2ccc(Oc3ccnc(C(F)(F)F)c3)cc2)cc(-c2ccc(NS(N)(=O)=O)cc2)n1. The number of nitrogens with one attached hydrogen (secondary N) is 2. The Bertz CT molecular complexity index is 1480. The van der Waals surface area contributed by atoms with E-state index in [0.717, 1.165) is 12.3 Å². The van der Waals surface area contributed by atoms with Crippen molar-refractivity contribution in [2.75, 3.05) is 15.8 Å². The molecule has 0 bridgehead atoms. The van der Waals surface area contributed by atoms with E-state index in [4.69, 9.17) is 15.6 Å². The van der Waals surface area contributed by atoms with Gasteiger partial charge in [-0.1, -0.05) is 12.1 Å². The zero-order valence-corrected chi connectivity index (χ0v) is 19.0. The van der Waals surface area contributed by atoms with Gasteiger partial charge in [0.05, 0.1) is 5.69 Å². The van der Waals surface area contributed by atoms with Gasteiger partial charge >= 0.3 is 6.18 Å². The Morgan fingerprint density at radius 1 is 0.861 bits per heavy atom. The Labute approximate surface area is 203 Å². The van der Waals surface area contributed by atoms with E-state index in [1.807, 2.05) is 0 Å². The molecule has 0 saturated carbocycles. The quantitative estimate of drug-likeness (QED) is 0.283. The summed E-state index contributed by atoms with van der Waals surface area (Å²) in [4.78, 5) is 11.6. The molecule has 4 aromatic rings. The van der Waals surface area contributed by atoms with Crippen LogP contribution in [0.1, 0.15) is 5.69 Å². The van der Waals surface area contributed by atoms with Crippen LogP contribution in [0.15, 0.2) is 72.9 Å². The Morgan fingerprint density at radius 2 is 1.53 bits per heavy atom. The number of hydrogen-bond donors (Lipinski definition) is 4. The topological polar surface area (TPSA) is 158 Å². The second-order valence-corrected chi connectivity index (χ2v) is 8.64. The van der Waals surface area contributed by atoms with E-state index < -0.39 is 22.1 Å². The van der Waals surface area contributed by atoms with Gasteiger partial charge < -0.3 is 15.8 Å². The minimum atomic E-state index is -4.57. The first-order chi connectivity index (χ1) is 16.9. The second-order valence-electron chi connectivity index (χ2n) is 7.35. The van der Waals surface area contributed by atoms with Gasteiger partial charge in [0.1, 0.15) is 23.0 Å². The average Bonchev–Trinajstić information content (AvgIpc) is 2.79. The van der Waals surface area contributed by atoms with Gasteiger partial charge in [-0.05, 0) is 42.5 Å². The monoisotopic (exact) mass is 517 g/mol. The van der Waals surface area contributed by atoms with Crippen LogP contribution in [0.4, 0.5) is 36.3 Å². The molecule has 0 atom stereocenters. The molecule has 0 spiro atoms. The van der Waals surface area contributed by atoms with Gasteiger partial charge in [0.15, 0.2) is 0 Å². The van der Waals surface area contributed by atoms with Gasteiger partial charge in [-0.25, -0.2) is 10.1 Å². The van der Waals surface area contributed by atoms with E-state index in [1.165, 1.54) is 18.2 Å². The van der Waals surface area contributed by atoms with Gasteiger partial charge in [-0.3, -0.25) is 9.71 Å². The van der Waals surface area contributed by atoms with E-state index in [0.29, 0.717) is 28.5 Å². The lowest BCUT2D eigenvalue weighted by Crippen LogP contribution is -2.21. The minimum absolute atomic E-state index is 0.000142. The summed E-state index contributed by atoms with van der Waals surface area (Å²) in [6, 6.07) is 16.5. The third kappa shape index (κ3) is 6.58. The van der Waals surface area contributed by atoms with Crippen molar-refractivity contribution in [1.29, 1.82) is 0 Å². The molecule has 36 heavy (non-hydrogen) atoms. The first-order valence-electron chi connectivity index (χ1n) is 10.1. The Balaban J connectivity index is 1.47. The van der Waals surface area contributed by atoms with Crippen LogP contribution < -0.4 is 25.6 Å². The fraction of sp³-hybridized carbons (Fsp3) is 0.0455. The molecular weight excluding hydrogens is 499 g/mol. The number of alkyl halides is 3. The number of benzene rings is 2. The maximum atomic E-state index is 12.8. The number of nitrogen functional groups attached to an aromatic ring is 1. The summed E-state index contributed by atoms with van der Waals surface area (Å²) in [6.07, 6.45) is -3.55. The zero-order valence-electron chi connectivity index (χ0n) is 18.2. The first-order valence-corrected chi connectivity index (χ1v) is 11.6. The van der Waals surface area contributed by atoms with Crippen molar-refractivity contribution >= 4 is 33.4 Å². The summed E-state index contributed by atoms with van der Waals surface area (Å²) in [5, 5.41) is 8.03. The predicted molar refractivity (Wildman–Crippen MR) is 128 cm³/mol. The Morgan fingerprint density at radius 3 is 2.17 bits per heavy atom.